The third-order valence-electron chi connectivity index (χ3n) is 2.51. The molecule has 0 aliphatic carbocycles. The highest BCUT2D eigenvalue weighted by Gasteiger charge is 2.14. The molecule has 0 atom stereocenters. The average Bonchev–Trinajstić information content (AvgIpc) is 2.82. The molecule has 4 nitrogen and oxygen atoms in total. The quantitative estimate of drug-likeness (QED) is 0.769. The van der Waals surface area contributed by atoms with Gasteiger partial charge in [0.05, 0.1) is 4.90 Å². The molecule has 2 rings (SSSR count). The van der Waals surface area contributed by atoms with Crippen LogP contribution in [0.1, 0.15) is 10.4 Å². The predicted molar refractivity (Wildman–Crippen MR) is 88.4 cm³/mol. The first-order valence-corrected chi connectivity index (χ1v) is 9.07. The second kappa shape index (κ2) is 6.31. The second-order valence-corrected chi connectivity index (χ2v) is 8.06. The van der Waals surface area contributed by atoms with Crippen LogP contribution in [0, 0.1) is 0 Å². The molecule has 0 saturated heterocycles. The smallest absolute Gasteiger partial charge is 0.240 e. The molecule has 106 valence electrons. The zero-order valence-electron chi connectivity index (χ0n) is 10.2. The fourth-order valence-electron chi connectivity index (χ4n) is 1.49. The normalized spacial score (nSPS) is 11.4. The molecule has 1 aromatic heterocycles. The van der Waals surface area contributed by atoms with E-state index in [-0.39, 0.29) is 16.4 Å². The van der Waals surface area contributed by atoms with Gasteiger partial charge in [-0.05, 0) is 34.1 Å². The van der Waals surface area contributed by atoms with E-state index in [4.69, 9.17) is 18.0 Å². The van der Waals surface area contributed by atoms with Crippen LogP contribution in [0.3, 0.4) is 0 Å². The maximum atomic E-state index is 12.1. The van der Waals surface area contributed by atoms with Gasteiger partial charge in [0, 0.05) is 26.8 Å². The van der Waals surface area contributed by atoms with Crippen molar-refractivity contribution in [3.8, 4) is 0 Å². The van der Waals surface area contributed by atoms with Gasteiger partial charge in [-0.25, -0.2) is 13.1 Å². The molecule has 0 radical (unpaired) electrons. The van der Waals surface area contributed by atoms with Crippen LogP contribution in [0.4, 0.5) is 0 Å². The molecular weight excluding hydrogens is 380 g/mol. The van der Waals surface area contributed by atoms with E-state index in [0.717, 1.165) is 9.35 Å². The topological polar surface area (TPSA) is 72.2 Å². The van der Waals surface area contributed by atoms with Gasteiger partial charge in [-0.3, -0.25) is 0 Å². The molecule has 0 unspecified atom stereocenters. The molecule has 1 heterocycles. The van der Waals surface area contributed by atoms with E-state index in [9.17, 15) is 8.42 Å². The van der Waals surface area contributed by atoms with Crippen LogP contribution in [0.2, 0.25) is 0 Å². The van der Waals surface area contributed by atoms with Gasteiger partial charge < -0.3 is 5.73 Å². The van der Waals surface area contributed by atoms with Crippen LogP contribution in [0.5, 0.6) is 0 Å². The maximum Gasteiger partial charge on any atom is 0.240 e. The highest BCUT2D eigenvalue weighted by Crippen LogP contribution is 2.20. The minimum Gasteiger partial charge on any atom is -0.389 e. The SMILES string of the molecule is NC(=S)c1ccc(S(=O)(=O)NCc2cc(Br)cs2)cc1. The number of halogens is 1. The van der Waals surface area contributed by atoms with Gasteiger partial charge in [-0.2, -0.15) is 0 Å². The van der Waals surface area contributed by atoms with Crippen molar-refractivity contribution in [2.75, 3.05) is 0 Å². The number of nitrogens with one attached hydrogen (secondary N) is 1. The Balaban J connectivity index is 2.11. The lowest BCUT2D eigenvalue weighted by molar-refractivity contribution is 0.582. The Labute approximate surface area is 135 Å². The number of rotatable bonds is 5. The molecule has 0 amide bonds. The molecule has 0 aliphatic rings. The van der Waals surface area contributed by atoms with Gasteiger partial charge in [-0.1, -0.05) is 24.4 Å². The summed E-state index contributed by atoms with van der Waals surface area (Å²) in [5, 5.41) is 1.90. The molecule has 0 aliphatic heterocycles. The Morgan fingerprint density at radius 2 is 2.00 bits per heavy atom. The number of thiocarbonyl (C=S) groups is 1. The molecule has 0 fully saturated rings. The van der Waals surface area contributed by atoms with Gasteiger partial charge in [0.2, 0.25) is 10.0 Å². The van der Waals surface area contributed by atoms with Crippen molar-refractivity contribution >= 4 is 54.5 Å². The molecule has 0 saturated carbocycles. The third-order valence-corrected chi connectivity index (χ3v) is 5.86. The predicted octanol–water partition coefficient (Wildman–Crippen LogP) is 2.62. The van der Waals surface area contributed by atoms with E-state index >= 15 is 0 Å². The van der Waals surface area contributed by atoms with E-state index in [1.54, 1.807) is 12.1 Å². The monoisotopic (exact) mass is 390 g/mol. The van der Waals surface area contributed by atoms with Crippen molar-refractivity contribution in [1.29, 1.82) is 0 Å². The van der Waals surface area contributed by atoms with Crippen molar-refractivity contribution in [3.05, 3.63) is 50.6 Å². The average molecular weight is 391 g/mol. The number of hydrogen-bond acceptors (Lipinski definition) is 4. The number of hydrogen-bond donors (Lipinski definition) is 2. The Morgan fingerprint density at radius 1 is 1.35 bits per heavy atom. The first-order valence-electron chi connectivity index (χ1n) is 5.51. The summed E-state index contributed by atoms with van der Waals surface area (Å²) >= 11 is 9.64. The van der Waals surface area contributed by atoms with Crippen molar-refractivity contribution in [3.63, 3.8) is 0 Å². The van der Waals surface area contributed by atoms with E-state index in [2.05, 4.69) is 20.7 Å². The van der Waals surface area contributed by atoms with Crippen LogP contribution in [0.15, 0.2) is 45.1 Å². The standard InChI is InChI=1S/C12H11BrN2O2S3/c13-9-5-10(19-7-9)6-15-20(16,17)11-3-1-8(2-4-11)12(14)18/h1-5,7,15H,6H2,(H2,14,18). The molecular formula is C12H11BrN2O2S3. The fraction of sp³-hybridized carbons (Fsp3) is 0.0833. The highest BCUT2D eigenvalue weighted by atomic mass is 79.9. The Kier molecular flexibility index (Phi) is 4.92. The first-order chi connectivity index (χ1) is 9.38. The molecule has 0 bridgehead atoms. The summed E-state index contributed by atoms with van der Waals surface area (Å²) < 4.78 is 27.7. The Morgan fingerprint density at radius 3 is 2.50 bits per heavy atom. The van der Waals surface area contributed by atoms with Crippen LogP contribution in [-0.2, 0) is 16.6 Å². The zero-order chi connectivity index (χ0) is 14.8. The number of nitrogens with two attached hydrogens (primary N) is 1. The summed E-state index contributed by atoms with van der Waals surface area (Å²) in [5.74, 6) is 0. The van der Waals surface area contributed by atoms with Crippen LogP contribution >= 0.6 is 39.5 Å². The van der Waals surface area contributed by atoms with Crippen LogP contribution in [0.25, 0.3) is 0 Å². The molecule has 8 heteroatoms. The van der Waals surface area contributed by atoms with Gasteiger partial charge >= 0.3 is 0 Å². The number of thiophene rings is 1. The zero-order valence-corrected chi connectivity index (χ0v) is 14.2. The molecule has 2 aromatic rings. The molecule has 1 aromatic carbocycles. The van der Waals surface area contributed by atoms with Crippen molar-refractivity contribution in [1.82, 2.24) is 4.72 Å². The van der Waals surface area contributed by atoms with Crippen molar-refractivity contribution in [2.24, 2.45) is 5.73 Å². The molecule has 0 spiro atoms. The van der Waals surface area contributed by atoms with E-state index in [1.165, 1.54) is 23.5 Å². The number of benzene rings is 1. The number of sulfonamides is 1. The minimum absolute atomic E-state index is 0.188. The van der Waals surface area contributed by atoms with Gasteiger partial charge in [0.25, 0.3) is 0 Å². The second-order valence-electron chi connectivity index (χ2n) is 3.94. The largest absolute Gasteiger partial charge is 0.389 e. The summed E-state index contributed by atoms with van der Waals surface area (Å²) in [7, 11) is -3.53. The summed E-state index contributed by atoms with van der Waals surface area (Å²) in [6.07, 6.45) is 0. The Bertz CT molecular complexity index is 723. The van der Waals surface area contributed by atoms with E-state index in [0.29, 0.717) is 5.56 Å². The summed E-state index contributed by atoms with van der Waals surface area (Å²) in [6.45, 7) is 0.260. The summed E-state index contributed by atoms with van der Waals surface area (Å²) in [4.78, 5) is 1.36. The summed E-state index contributed by atoms with van der Waals surface area (Å²) in [6, 6.07) is 8.04. The van der Waals surface area contributed by atoms with Crippen molar-refractivity contribution < 1.29 is 8.42 Å². The third kappa shape index (κ3) is 3.86. The first kappa shape index (κ1) is 15.6. The fourth-order valence-corrected chi connectivity index (χ4v) is 4.12. The summed E-state index contributed by atoms with van der Waals surface area (Å²) in [5.41, 5.74) is 6.11. The van der Waals surface area contributed by atoms with Gasteiger partial charge in [-0.15, -0.1) is 11.3 Å². The van der Waals surface area contributed by atoms with Crippen molar-refractivity contribution in [2.45, 2.75) is 11.4 Å². The maximum absolute atomic E-state index is 12.1. The minimum atomic E-state index is -3.53. The lowest BCUT2D eigenvalue weighted by Crippen LogP contribution is -2.23. The van der Waals surface area contributed by atoms with Crippen LogP contribution in [-0.4, -0.2) is 13.4 Å². The van der Waals surface area contributed by atoms with Crippen LogP contribution < -0.4 is 10.5 Å². The van der Waals surface area contributed by atoms with E-state index < -0.39 is 10.0 Å². The highest BCUT2D eigenvalue weighted by molar-refractivity contribution is 9.10. The molecule has 3 N–H and O–H groups in total. The van der Waals surface area contributed by atoms with E-state index in [1.807, 2.05) is 11.4 Å². The Hall–Kier alpha value is -0.800. The van der Waals surface area contributed by atoms with Gasteiger partial charge in [0.15, 0.2) is 0 Å². The molecule has 20 heavy (non-hydrogen) atoms. The lowest BCUT2D eigenvalue weighted by atomic mass is 10.2. The van der Waals surface area contributed by atoms with Gasteiger partial charge in [0.1, 0.15) is 4.99 Å². The lowest BCUT2D eigenvalue weighted by Gasteiger charge is -2.06.